The fourth-order valence-electron chi connectivity index (χ4n) is 3.11. The summed E-state index contributed by atoms with van der Waals surface area (Å²) in [6.45, 7) is 2.72. The summed E-state index contributed by atoms with van der Waals surface area (Å²) in [7, 11) is 0. The fourth-order valence-corrected chi connectivity index (χ4v) is 3.30. The number of aliphatic hydroxyl groups is 1. The molecule has 0 aliphatic rings. The number of aromatic nitrogens is 1. The van der Waals surface area contributed by atoms with E-state index < -0.39 is 11.6 Å². The predicted octanol–water partition coefficient (Wildman–Crippen LogP) is 0.330. The van der Waals surface area contributed by atoms with Gasteiger partial charge in [0.05, 0.1) is 19.1 Å². The minimum absolute atomic E-state index is 0. The zero-order chi connectivity index (χ0) is 20.5. The summed E-state index contributed by atoms with van der Waals surface area (Å²) in [5.41, 5.74) is 0.329. The molecule has 0 unspecified atom stereocenters. The van der Waals surface area contributed by atoms with Gasteiger partial charge in [0.15, 0.2) is 0 Å². The summed E-state index contributed by atoms with van der Waals surface area (Å²) in [5.74, 6) is -0.825. The second-order valence-electron chi connectivity index (χ2n) is 7.19. The summed E-state index contributed by atoms with van der Waals surface area (Å²) >= 11 is 6.13. The standard InChI is InChI=1S/C21H21ClFNO4.Na/c1-21(2,23)12-28-18-7-6-15(22)8-13(18)9-24-10-14(11-25)19-16(20(26)27)4-3-5-17(19)24;/h3-8,10,25H,9,11-12H2,1-2H3,(H,26,27);/q;+1/p-1. The summed E-state index contributed by atoms with van der Waals surface area (Å²) < 4.78 is 21.3. The molecule has 1 N–H and O–H groups in total. The molecular formula is C21H20ClFNNaO4. The van der Waals surface area contributed by atoms with Crippen molar-refractivity contribution in [3.05, 3.63) is 64.3 Å². The van der Waals surface area contributed by atoms with Gasteiger partial charge in [-0.25, -0.2) is 4.39 Å². The van der Waals surface area contributed by atoms with E-state index in [-0.39, 0.29) is 48.3 Å². The monoisotopic (exact) mass is 427 g/mol. The van der Waals surface area contributed by atoms with Crippen molar-refractivity contribution in [2.24, 2.45) is 0 Å². The largest absolute Gasteiger partial charge is 1.00 e. The van der Waals surface area contributed by atoms with Gasteiger partial charge in [-0.15, -0.1) is 0 Å². The Morgan fingerprint density at radius 2 is 2.00 bits per heavy atom. The summed E-state index contributed by atoms with van der Waals surface area (Å²) in [6, 6.07) is 9.87. The third kappa shape index (κ3) is 5.53. The van der Waals surface area contributed by atoms with Crippen LogP contribution in [0.15, 0.2) is 42.6 Å². The van der Waals surface area contributed by atoms with Crippen molar-refractivity contribution in [3.63, 3.8) is 0 Å². The number of fused-ring (bicyclic) bond motifs is 1. The molecule has 2 aromatic carbocycles. The molecule has 5 nitrogen and oxygen atoms in total. The second kappa shape index (κ2) is 9.49. The normalized spacial score (nSPS) is 11.3. The first-order valence-corrected chi connectivity index (χ1v) is 9.10. The Bertz CT molecular complexity index is 1030. The average molecular weight is 428 g/mol. The summed E-state index contributed by atoms with van der Waals surface area (Å²) in [6.07, 6.45) is 1.68. The van der Waals surface area contributed by atoms with Crippen LogP contribution in [0.4, 0.5) is 4.39 Å². The van der Waals surface area contributed by atoms with Gasteiger partial charge in [0.2, 0.25) is 0 Å². The Morgan fingerprint density at radius 3 is 2.62 bits per heavy atom. The van der Waals surface area contributed by atoms with Gasteiger partial charge in [-0.2, -0.15) is 0 Å². The van der Waals surface area contributed by atoms with Crippen molar-refractivity contribution in [1.29, 1.82) is 0 Å². The van der Waals surface area contributed by atoms with Gasteiger partial charge in [-0.05, 0) is 38.1 Å². The molecule has 0 amide bonds. The first-order chi connectivity index (χ1) is 13.2. The number of halogens is 2. The van der Waals surface area contributed by atoms with E-state index in [1.807, 2.05) is 0 Å². The third-order valence-electron chi connectivity index (χ3n) is 4.31. The molecule has 0 aliphatic carbocycles. The van der Waals surface area contributed by atoms with E-state index in [1.165, 1.54) is 19.9 Å². The average Bonchev–Trinajstić information content (AvgIpc) is 2.98. The number of benzene rings is 2. The molecule has 0 bridgehead atoms. The maximum atomic E-state index is 13.8. The molecular weight excluding hydrogens is 408 g/mol. The van der Waals surface area contributed by atoms with Crippen molar-refractivity contribution in [2.45, 2.75) is 32.7 Å². The number of aromatic carboxylic acids is 1. The molecule has 0 saturated carbocycles. The Balaban J connectivity index is 0.00000300. The maximum Gasteiger partial charge on any atom is 1.00 e. The molecule has 0 saturated heterocycles. The molecule has 8 heteroatoms. The molecule has 0 radical (unpaired) electrons. The topological polar surface area (TPSA) is 74.5 Å². The number of nitrogens with zero attached hydrogens (tertiary/aromatic N) is 1. The first kappa shape index (κ1) is 23.7. The van der Waals surface area contributed by atoms with Crippen LogP contribution < -0.4 is 39.4 Å². The predicted molar refractivity (Wildman–Crippen MR) is 103 cm³/mol. The van der Waals surface area contributed by atoms with Gasteiger partial charge < -0.3 is 24.3 Å². The van der Waals surface area contributed by atoms with Gasteiger partial charge in [-0.1, -0.05) is 23.7 Å². The van der Waals surface area contributed by atoms with E-state index in [2.05, 4.69) is 0 Å². The Labute approximate surface area is 195 Å². The molecule has 3 rings (SSSR count). The van der Waals surface area contributed by atoms with Gasteiger partial charge in [0.25, 0.3) is 0 Å². The number of carbonyl (C=O) groups excluding carboxylic acids is 1. The van der Waals surface area contributed by atoms with Crippen LogP contribution in [0, 0.1) is 0 Å². The number of hydrogen-bond donors (Lipinski definition) is 1. The van der Waals surface area contributed by atoms with Gasteiger partial charge >= 0.3 is 29.6 Å². The van der Waals surface area contributed by atoms with E-state index >= 15 is 0 Å². The van der Waals surface area contributed by atoms with Crippen LogP contribution in [-0.4, -0.2) is 27.9 Å². The van der Waals surface area contributed by atoms with Gasteiger partial charge in [0, 0.05) is 38.8 Å². The van der Waals surface area contributed by atoms with Crippen LogP contribution >= 0.6 is 11.6 Å². The van der Waals surface area contributed by atoms with Crippen LogP contribution in [0.25, 0.3) is 10.9 Å². The van der Waals surface area contributed by atoms with Crippen LogP contribution in [-0.2, 0) is 13.2 Å². The quantitative estimate of drug-likeness (QED) is 0.551. The Kier molecular flexibility index (Phi) is 7.76. The van der Waals surface area contributed by atoms with Crippen molar-refractivity contribution >= 4 is 28.5 Å². The Hall–Kier alpha value is -1.57. The SMILES string of the molecule is CC(C)(F)COc1ccc(Cl)cc1Cn1cc(CO)c2c(C(=O)[O-])cccc21.[Na+]. The number of rotatable bonds is 7. The van der Waals surface area contributed by atoms with E-state index in [0.29, 0.717) is 39.3 Å². The van der Waals surface area contributed by atoms with Crippen LogP contribution in [0.3, 0.4) is 0 Å². The molecule has 148 valence electrons. The van der Waals surface area contributed by atoms with E-state index in [1.54, 1.807) is 41.1 Å². The fraction of sp³-hybridized carbons (Fsp3) is 0.286. The number of carboxylic acids is 1. The van der Waals surface area contributed by atoms with Crippen molar-refractivity contribution < 1.29 is 53.7 Å². The number of hydrogen-bond acceptors (Lipinski definition) is 4. The van der Waals surface area contributed by atoms with E-state index in [9.17, 15) is 19.4 Å². The van der Waals surface area contributed by atoms with E-state index in [0.717, 1.165) is 0 Å². The minimum Gasteiger partial charge on any atom is -0.545 e. The van der Waals surface area contributed by atoms with E-state index in [4.69, 9.17) is 16.3 Å². The number of aliphatic hydroxyl groups excluding tert-OH is 1. The van der Waals surface area contributed by atoms with Crippen LogP contribution in [0.1, 0.15) is 35.3 Å². The Morgan fingerprint density at radius 1 is 1.28 bits per heavy atom. The number of alkyl halides is 1. The molecule has 1 heterocycles. The zero-order valence-corrected chi connectivity index (χ0v) is 19.3. The number of carboxylic acid groups (broad SMARTS) is 1. The van der Waals surface area contributed by atoms with Gasteiger partial charge in [0.1, 0.15) is 18.0 Å². The summed E-state index contributed by atoms with van der Waals surface area (Å²) in [4.78, 5) is 11.5. The maximum absolute atomic E-state index is 13.8. The second-order valence-corrected chi connectivity index (χ2v) is 7.62. The first-order valence-electron chi connectivity index (χ1n) is 8.72. The molecule has 0 spiro atoms. The molecule has 1 aromatic heterocycles. The number of ether oxygens (including phenoxy) is 1. The molecule has 0 atom stereocenters. The van der Waals surface area contributed by atoms with Crippen molar-refractivity contribution in [2.75, 3.05) is 6.61 Å². The van der Waals surface area contributed by atoms with Crippen molar-refractivity contribution in [1.82, 2.24) is 4.57 Å². The third-order valence-corrected chi connectivity index (χ3v) is 4.54. The van der Waals surface area contributed by atoms with Crippen LogP contribution in [0.5, 0.6) is 5.75 Å². The molecule has 0 aliphatic heterocycles. The van der Waals surface area contributed by atoms with Crippen molar-refractivity contribution in [3.8, 4) is 5.75 Å². The number of carbonyl (C=O) groups is 1. The molecule has 3 aromatic rings. The van der Waals surface area contributed by atoms with Gasteiger partial charge in [-0.3, -0.25) is 0 Å². The molecule has 0 fully saturated rings. The van der Waals surface area contributed by atoms with Crippen LogP contribution in [0.2, 0.25) is 5.02 Å². The molecule has 29 heavy (non-hydrogen) atoms. The summed E-state index contributed by atoms with van der Waals surface area (Å²) in [5, 5.41) is 22.1. The minimum atomic E-state index is -1.50. The smallest absolute Gasteiger partial charge is 0.545 e. The zero-order valence-electron chi connectivity index (χ0n) is 16.5.